The third-order valence-electron chi connectivity index (χ3n) is 6.23. The maximum absolute atomic E-state index is 13.2. The number of nitrogens with zero attached hydrogens (tertiary/aromatic N) is 3. The Labute approximate surface area is 208 Å². The van der Waals surface area contributed by atoms with E-state index in [1.165, 1.54) is 6.07 Å². The summed E-state index contributed by atoms with van der Waals surface area (Å²) in [6.45, 7) is 7.93. The van der Waals surface area contributed by atoms with Crippen molar-refractivity contribution in [2.75, 3.05) is 5.32 Å². The Morgan fingerprint density at radius 3 is 2.61 bits per heavy atom. The zero-order valence-electron chi connectivity index (χ0n) is 20.4. The smallest absolute Gasteiger partial charge is 0.337 e. The number of para-hydroxylation sites is 1. The Kier molecular flexibility index (Phi) is 5.80. The van der Waals surface area contributed by atoms with Crippen LogP contribution in [0.1, 0.15) is 61.5 Å². The molecule has 8 nitrogen and oxygen atoms in total. The van der Waals surface area contributed by atoms with Crippen LogP contribution >= 0.6 is 0 Å². The molecule has 0 aliphatic rings. The molecule has 0 amide bonds. The normalized spacial score (nSPS) is 12.4. The fraction of sp³-hybridized carbons (Fsp3) is 0.214. The van der Waals surface area contributed by atoms with Crippen LogP contribution in [0.25, 0.3) is 27.9 Å². The largest absolute Gasteiger partial charge is 0.478 e. The topological polar surface area (TPSA) is 110 Å². The molecule has 0 aliphatic carbocycles. The lowest BCUT2D eigenvalue weighted by Gasteiger charge is -2.19. The van der Waals surface area contributed by atoms with E-state index in [2.05, 4.69) is 15.5 Å². The summed E-state index contributed by atoms with van der Waals surface area (Å²) in [4.78, 5) is 24.9. The minimum Gasteiger partial charge on any atom is -0.478 e. The molecule has 2 aromatic carbocycles. The number of carboxylic acid groups (broad SMARTS) is 1. The van der Waals surface area contributed by atoms with Gasteiger partial charge in [-0.3, -0.25) is 9.20 Å². The molecule has 0 bridgehead atoms. The average molecular weight is 485 g/mol. The van der Waals surface area contributed by atoms with Crippen molar-refractivity contribution in [1.29, 1.82) is 0 Å². The van der Waals surface area contributed by atoms with Crippen LogP contribution in [0.15, 0.2) is 70.0 Å². The monoisotopic (exact) mass is 484 g/mol. The molecule has 0 radical (unpaired) electrons. The predicted molar refractivity (Wildman–Crippen MR) is 141 cm³/mol. The van der Waals surface area contributed by atoms with Crippen molar-refractivity contribution in [2.45, 2.75) is 39.7 Å². The quantitative estimate of drug-likeness (QED) is 0.302. The fourth-order valence-electron chi connectivity index (χ4n) is 4.45. The molecule has 1 unspecified atom stereocenters. The Morgan fingerprint density at radius 2 is 1.86 bits per heavy atom. The number of benzene rings is 2. The minimum atomic E-state index is -1.02. The number of pyridine rings is 1. The lowest BCUT2D eigenvalue weighted by Crippen LogP contribution is -2.12. The average Bonchev–Trinajstić information content (AvgIpc) is 3.28. The molecule has 5 aromatic rings. The van der Waals surface area contributed by atoms with Crippen LogP contribution in [0.5, 0.6) is 0 Å². The third-order valence-corrected chi connectivity index (χ3v) is 6.23. The molecular weight excluding hydrogens is 456 g/mol. The molecule has 8 heteroatoms. The van der Waals surface area contributed by atoms with Gasteiger partial charge in [0.2, 0.25) is 0 Å². The van der Waals surface area contributed by atoms with Gasteiger partial charge in [0.1, 0.15) is 17.2 Å². The van der Waals surface area contributed by atoms with Crippen molar-refractivity contribution in [1.82, 2.24) is 14.6 Å². The number of carboxylic acids is 1. The number of fused-ring (bicyclic) bond motifs is 2. The highest BCUT2D eigenvalue weighted by Gasteiger charge is 2.19. The fourth-order valence-corrected chi connectivity index (χ4v) is 4.45. The van der Waals surface area contributed by atoms with Gasteiger partial charge in [-0.25, -0.2) is 4.79 Å². The maximum atomic E-state index is 13.2. The predicted octanol–water partition coefficient (Wildman–Crippen LogP) is 6.05. The molecule has 3 aromatic heterocycles. The highest BCUT2D eigenvalue weighted by Crippen LogP contribution is 2.31. The van der Waals surface area contributed by atoms with Crippen LogP contribution in [0.4, 0.5) is 5.69 Å². The second kappa shape index (κ2) is 8.96. The van der Waals surface area contributed by atoms with Crippen molar-refractivity contribution < 1.29 is 15.7 Å². The number of rotatable bonds is 6. The first-order chi connectivity index (χ1) is 17.2. The van der Waals surface area contributed by atoms with Gasteiger partial charge in [0.05, 0.1) is 17.0 Å². The molecule has 0 saturated carbocycles. The van der Waals surface area contributed by atoms with E-state index < -0.39 is 5.97 Å². The van der Waals surface area contributed by atoms with Crippen molar-refractivity contribution >= 4 is 28.3 Å². The molecule has 2 N–H and O–H groups in total. The van der Waals surface area contributed by atoms with Crippen LogP contribution in [-0.4, -0.2) is 25.7 Å². The lowest BCUT2D eigenvalue weighted by atomic mass is 10.00. The number of aromatic nitrogens is 3. The molecule has 0 fully saturated rings. The van der Waals surface area contributed by atoms with Crippen LogP contribution in [0, 0.1) is 6.92 Å². The molecular formula is C28H28N4O4. The number of hydrogen-bond acceptors (Lipinski definition) is 6. The number of aryl methyl sites for hydroxylation is 1. The summed E-state index contributed by atoms with van der Waals surface area (Å²) < 4.78 is 8.28. The first-order valence-electron chi connectivity index (χ1n) is 11.7. The number of carbonyl (C=O) groups is 1. The number of aromatic carboxylic acids is 1. The molecule has 36 heavy (non-hydrogen) atoms. The second-order valence-corrected chi connectivity index (χ2v) is 9.28. The summed E-state index contributed by atoms with van der Waals surface area (Å²) >= 11 is 0. The van der Waals surface area contributed by atoms with E-state index in [1.54, 1.807) is 24.3 Å². The van der Waals surface area contributed by atoms with E-state index in [-0.39, 0.29) is 24.4 Å². The Hall–Kier alpha value is -4.46. The Morgan fingerprint density at radius 1 is 1.08 bits per heavy atom. The van der Waals surface area contributed by atoms with E-state index in [4.69, 9.17) is 4.42 Å². The second-order valence-electron chi connectivity index (χ2n) is 9.28. The van der Waals surface area contributed by atoms with Crippen LogP contribution in [-0.2, 0) is 0 Å². The van der Waals surface area contributed by atoms with Gasteiger partial charge in [0, 0.05) is 36.4 Å². The number of anilines is 1. The molecule has 1 atom stereocenters. The first kappa shape index (κ1) is 23.3. The van der Waals surface area contributed by atoms with E-state index in [0.717, 1.165) is 28.2 Å². The van der Waals surface area contributed by atoms with Gasteiger partial charge in [-0.2, -0.15) is 0 Å². The van der Waals surface area contributed by atoms with Crippen LogP contribution in [0.3, 0.4) is 0 Å². The van der Waals surface area contributed by atoms with E-state index in [0.29, 0.717) is 22.4 Å². The SMILES string of the molecule is Cc1cc(C(C)Nc2ccccc2C(=O)O)c2oc(-c3ccc4nnc(C(C)C)n4c3)cc(=O)c2c1.[HH]. The van der Waals surface area contributed by atoms with Crippen LogP contribution in [0.2, 0.25) is 0 Å². The number of nitrogens with one attached hydrogen (secondary N) is 1. The van der Waals surface area contributed by atoms with Crippen LogP contribution < -0.4 is 10.7 Å². The van der Waals surface area contributed by atoms with Crippen molar-refractivity contribution in [3.8, 4) is 11.3 Å². The highest BCUT2D eigenvalue weighted by atomic mass is 16.4. The van der Waals surface area contributed by atoms with Crippen molar-refractivity contribution in [2.24, 2.45) is 0 Å². The zero-order valence-corrected chi connectivity index (χ0v) is 20.4. The van der Waals surface area contributed by atoms with Crippen molar-refractivity contribution in [3.63, 3.8) is 0 Å². The molecule has 0 spiro atoms. The van der Waals surface area contributed by atoms with Gasteiger partial charge in [0.25, 0.3) is 0 Å². The molecule has 3 heterocycles. The van der Waals surface area contributed by atoms with E-state index >= 15 is 0 Å². The van der Waals surface area contributed by atoms with Gasteiger partial charge < -0.3 is 14.8 Å². The lowest BCUT2D eigenvalue weighted by molar-refractivity contribution is 0.0698. The van der Waals surface area contributed by atoms with Gasteiger partial charge in [0.15, 0.2) is 11.1 Å². The molecule has 0 aliphatic heterocycles. The summed E-state index contributed by atoms with van der Waals surface area (Å²) in [6, 6.07) is 15.4. The third kappa shape index (κ3) is 4.11. The summed E-state index contributed by atoms with van der Waals surface area (Å²) in [5.41, 5.74) is 4.09. The zero-order chi connectivity index (χ0) is 25.6. The van der Waals surface area contributed by atoms with Gasteiger partial charge in [-0.05, 0) is 49.7 Å². The summed E-state index contributed by atoms with van der Waals surface area (Å²) in [5, 5.41) is 21.8. The standard InChI is InChI=1S/C28H26N4O4.H2/c1-15(2)27-31-30-25-10-9-18(14-32(25)27)24-13-23(33)21-12-16(3)11-20(26(21)36-24)17(4)29-22-8-6-5-7-19(22)28(34)35;/h5-15,17,29H,1-4H3,(H,34,35);1H. The molecule has 184 valence electrons. The maximum Gasteiger partial charge on any atom is 0.337 e. The van der Waals surface area contributed by atoms with Gasteiger partial charge in [-0.1, -0.05) is 32.0 Å². The van der Waals surface area contributed by atoms with E-state index in [9.17, 15) is 14.7 Å². The highest BCUT2D eigenvalue weighted by molar-refractivity contribution is 5.94. The summed E-state index contributed by atoms with van der Waals surface area (Å²) in [6.07, 6.45) is 1.88. The number of hydrogen-bond donors (Lipinski definition) is 2. The Balaban J connectivity index is 0.00000320. The van der Waals surface area contributed by atoms with Gasteiger partial charge in [-0.15, -0.1) is 10.2 Å². The summed E-state index contributed by atoms with van der Waals surface area (Å²) in [5.74, 6) is 0.412. The van der Waals surface area contributed by atoms with Crippen molar-refractivity contribution in [3.05, 3.63) is 93.5 Å². The van der Waals surface area contributed by atoms with Gasteiger partial charge >= 0.3 is 5.97 Å². The van der Waals surface area contributed by atoms with E-state index in [1.807, 2.05) is 62.6 Å². The molecule has 5 rings (SSSR count). The summed E-state index contributed by atoms with van der Waals surface area (Å²) in [7, 11) is 0. The molecule has 0 saturated heterocycles. The minimum absolute atomic E-state index is 0. The first-order valence-corrected chi connectivity index (χ1v) is 11.7. The Bertz CT molecular complexity index is 1690.